The minimum Gasteiger partial charge on any atom is -0.387 e. The Hall–Kier alpha value is -1.51. The highest BCUT2D eigenvalue weighted by molar-refractivity contribution is 5.83. The number of hydrogen-bond donors (Lipinski definition) is 2. The van der Waals surface area contributed by atoms with Crippen LogP contribution in [0.4, 0.5) is 0 Å². The molecule has 1 aromatic heterocycles. The molecule has 0 aliphatic heterocycles. The zero-order valence-electron chi connectivity index (χ0n) is 16.0. The van der Waals surface area contributed by atoms with Gasteiger partial charge in [-0.3, -0.25) is 4.99 Å². The molecule has 3 nitrogen and oxygen atoms in total. The Balaban J connectivity index is 2.89. The van der Waals surface area contributed by atoms with Crippen molar-refractivity contribution < 1.29 is 0 Å². The molecule has 1 rings (SSSR count). The normalized spacial score (nSPS) is 18.3. The van der Waals surface area contributed by atoms with E-state index in [0.717, 1.165) is 12.3 Å². The second-order valence-corrected chi connectivity index (χ2v) is 7.51. The molecular formula is C20H35N3. The molecule has 0 saturated carbocycles. The zero-order valence-corrected chi connectivity index (χ0v) is 16.0. The van der Waals surface area contributed by atoms with Gasteiger partial charge in [0.15, 0.2) is 0 Å². The van der Waals surface area contributed by atoms with Gasteiger partial charge in [0.2, 0.25) is 0 Å². The van der Waals surface area contributed by atoms with E-state index in [2.05, 4.69) is 66.1 Å². The van der Waals surface area contributed by atoms with E-state index in [1.54, 1.807) is 0 Å². The van der Waals surface area contributed by atoms with Crippen molar-refractivity contribution in [2.45, 2.75) is 66.3 Å². The van der Waals surface area contributed by atoms with E-state index >= 15 is 0 Å². The smallest absolute Gasteiger partial charge is 0.0974 e. The number of nitrogens with zero attached hydrogens (tertiary/aromatic N) is 1. The lowest BCUT2D eigenvalue weighted by Crippen LogP contribution is -2.34. The topological polar surface area (TPSA) is 54.2 Å². The Morgan fingerprint density at radius 3 is 2.35 bits per heavy atom. The largest absolute Gasteiger partial charge is 0.387 e. The molecule has 130 valence electrons. The van der Waals surface area contributed by atoms with E-state index in [0.29, 0.717) is 5.92 Å². The fourth-order valence-corrected chi connectivity index (χ4v) is 2.85. The lowest BCUT2D eigenvalue weighted by atomic mass is 9.71. The number of allylic oxidation sites excluding steroid dienone is 1. The molecule has 23 heavy (non-hydrogen) atoms. The summed E-state index contributed by atoms with van der Waals surface area (Å²) in [6.07, 6.45) is 5.13. The van der Waals surface area contributed by atoms with E-state index < -0.39 is 0 Å². The maximum absolute atomic E-state index is 6.31. The SMILES string of the molecule is C=C(C(C)C(C)C(N)=NC(C)C(C)CC)C(C)(C)c1cc[nH]c1. The van der Waals surface area contributed by atoms with Crippen molar-refractivity contribution >= 4 is 5.84 Å². The van der Waals surface area contributed by atoms with Gasteiger partial charge in [-0.25, -0.2) is 0 Å². The molecule has 0 saturated heterocycles. The van der Waals surface area contributed by atoms with Crippen molar-refractivity contribution in [2.24, 2.45) is 28.5 Å². The van der Waals surface area contributed by atoms with Gasteiger partial charge in [-0.05, 0) is 30.4 Å². The number of aliphatic imine (C=N–C) groups is 1. The molecule has 0 radical (unpaired) electrons. The van der Waals surface area contributed by atoms with Gasteiger partial charge in [-0.1, -0.05) is 60.1 Å². The predicted molar refractivity (Wildman–Crippen MR) is 102 cm³/mol. The number of aromatic amines is 1. The number of H-pyrrole nitrogens is 1. The second-order valence-electron chi connectivity index (χ2n) is 7.51. The molecule has 0 fully saturated rings. The van der Waals surface area contributed by atoms with Gasteiger partial charge in [-0.2, -0.15) is 0 Å². The minimum atomic E-state index is -0.0870. The van der Waals surface area contributed by atoms with Crippen LogP contribution in [0.2, 0.25) is 0 Å². The zero-order chi connectivity index (χ0) is 17.8. The summed E-state index contributed by atoms with van der Waals surface area (Å²) >= 11 is 0. The maximum atomic E-state index is 6.31. The second kappa shape index (κ2) is 7.85. The quantitative estimate of drug-likeness (QED) is 0.399. The summed E-state index contributed by atoms with van der Waals surface area (Å²) in [4.78, 5) is 7.88. The van der Waals surface area contributed by atoms with Crippen molar-refractivity contribution in [1.82, 2.24) is 4.98 Å². The molecule has 0 aliphatic carbocycles. The molecule has 3 N–H and O–H groups in total. The number of nitrogens with one attached hydrogen (secondary N) is 1. The highest BCUT2D eigenvalue weighted by atomic mass is 14.9. The van der Waals surface area contributed by atoms with Crippen molar-refractivity contribution in [1.29, 1.82) is 0 Å². The highest BCUT2D eigenvalue weighted by Crippen LogP contribution is 2.37. The van der Waals surface area contributed by atoms with Crippen LogP contribution in [-0.2, 0) is 5.41 Å². The van der Waals surface area contributed by atoms with Gasteiger partial charge < -0.3 is 10.7 Å². The van der Waals surface area contributed by atoms with E-state index in [9.17, 15) is 0 Å². The third-order valence-corrected chi connectivity index (χ3v) is 5.71. The molecule has 4 unspecified atom stereocenters. The van der Waals surface area contributed by atoms with Crippen molar-refractivity contribution in [3.05, 3.63) is 36.2 Å². The molecule has 0 spiro atoms. The molecule has 4 atom stereocenters. The summed E-state index contributed by atoms with van der Waals surface area (Å²) in [5.41, 5.74) is 8.68. The van der Waals surface area contributed by atoms with Gasteiger partial charge in [0.05, 0.1) is 11.9 Å². The molecule has 0 bridgehead atoms. The van der Waals surface area contributed by atoms with Crippen molar-refractivity contribution in [2.75, 3.05) is 0 Å². The Bertz CT molecular complexity index is 525. The summed E-state index contributed by atoms with van der Waals surface area (Å²) in [6.45, 7) is 19.8. The maximum Gasteiger partial charge on any atom is 0.0974 e. The monoisotopic (exact) mass is 317 g/mol. The standard InChI is InChI=1S/C20H35N3/c1-9-13(2)17(6)23-19(21)15(4)14(3)16(5)20(7,8)18-10-11-22-12-18/h10-15,17,22H,5,9H2,1-4,6-8H3,(H2,21,23). The molecule has 0 aliphatic rings. The van der Waals surface area contributed by atoms with Gasteiger partial charge in [-0.15, -0.1) is 0 Å². The van der Waals surface area contributed by atoms with Crippen LogP contribution >= 0.6 is 0 Å². The summed E-state index contributed by atoms with van der Waals surface area (Å²) < 4.78 is 0. The number of amidine groups is 1. The molecule has 1 heterocycles. The number of nitrogens with two attached hydrogens (primary N) is 1. The summed E-state index contributed by atoms with van der Waals surface area (Å²) in [5.74, 6) is 1.76. The van der Waals surface area contributed by atoms with Crippen LogP contribution in [0.3, 0.4) is 0 Å². The van der Waals surface area contributed by atoms with E-state index in [1.165, 1.54) is 11.1 Å². The third-order valence-electron chi connectivity index (χ3n) is 5.71. The van der Waals surface area contributed by atoms with Gasteiger partial charge in [0.1, 0.15) is 0 Å². The Kier molecular flexibility index (Phi) is 6.67. The van der Waals surface area contributed by atoms with E-state index in [1.807, 2.05) is 12.4 Å². The first-order chi connectivity index (χ1) is 10.6. The third kappa shape index (κ3) is 4.49. The Morgan fingerprint density at radius 2 is 1.87 bits per heavy atom. The average Bonchev–Trinajstić information content (AvgIpc) is 3.06. The highest BCUT2D eigenvalue weighted by Gasteiger charge is 2.31. The van der Waals surface area contributed by atoms with E-state index in [-0.39, 0.29) is 23.3 Å². The van der Waals surface area contributed by atoms with Crippen molar-refractivity contribution in [3.63, 3.8) is 0 Å². The van der Waals surface area contributed by atoms with Crippen LogP contribution in [0.1, 0.15) is 60.5 Å². The lowest BCUT2D eigenvalue weighted by Gasteiger charge is -2.34. The van der Waals surface area contributed by atoms with Gasteiger partial charge in [0, 0.05) is 23.7 Å². The molecule has 0 aromatic carbocycles. The molecule has 3 heteroatoms. The predicted octanol–water partition coefficient (Wildman–Crippen LogP) is 4.91. The summed E-state index contributed by atoms with van der Waals surface area (Å²) in [5, 5.41) is 0. The Labute approximate surface area is 142 Å². The molecule has 0 amide bonds. The molecule has 1 aromatic rings. The first-order valence-corrected chi connectivity index (χ1v) is 8.78. The first kappa shape index (κ1) is 19.5. The van der Waals surface area contributed by atoms with Crippen LogP contribution in [0, 0.1) is 17.8 Å². The number of rotatable bonds is 8. The summed E-state index contributed by atoms with van der Waals surface area (Å²) in [6, 6.07) is 2.38. The molecular weight excluding hydrogens is 282 g/mol. The van der Waals surface area contributed by atoms with Crippen LogP contribution in [-0.4, -0.2) is 16.9 Å². The fraction of sp³-hybridized carbons (Fsp3) is 0.650. The van der Waals surface area contributed by atoms with Gasteiger partial charge >= 0.3 is 0 Å². The number of aromatic nitrogens is 1. The van der Waals surface area contributed by atoms with Crippen LogP contribution in [0.5, 0.6) is 0 Å². The lowest BCUT2D eigenvalue weighted by molar-refractivity contribution is 0.448. The van der Waals surface area contributed by atoms with Crippen LogP contribution in [0.25, 0.3) is 0 Å². The average molecular weight is 318 g/mol. The fourth-order valence-electron chi connectivity index (χ4n) is 2.85. The number of hydrogen-bond acceptors (Lipinski definition) is 1. The minimum absolute atomic E-state index is 0.0870. The van der Waals surface area contributed by atoms with Crippen molar-refractivity contribution in [3.8, 4) is 0 Å². The van der Waals surface area contributed by atoms with E-state index in [4.69, 9.17) is 10.7 Å². The van der Waals surface area contributed by atoms with Crippen LogP contribution in [0.15, 0.2) is 35.6 Å². The Morgan fingerprint density at radius 1 is 1.26 bits per heavy atom. The first-order valence-electron chi connectivity index (χ1n) is 8.78. The van der Waals surface area contributed by atoms with Crippen LogP contribution < -0.4 is 5.73 Å². The van der Waals surface area contributed by atoms with Gasteiger partial charge in [0.25, 0.3) is 0 Å². The summed E-state index contributed by atoms with van der Waals surface area (Å²) in [7, 11) is 0.